The Hall–Kier alpha value is -0.130. The second kappa shape index (κ2) is 6.71. The third-order valence-electron chi connectivity index (χ3n) is 3.43. The van der Waals surface area contributed by atoms with Crippen LogP contribution in [0.1, 0.15) is 41.0 Å². The topological polar surface area (TPSA) is 66.4 Å². The second-order valence-corrected chi connectivity index (χ2v) is 7.55. The van der Waals surface area contributed by atoms with Crippen LogP contribution < -0.4 is 5.32 Å². The summed E-state index contributed by atoms with van der Waals surface area (Å²) in [5.41, 5.74) is -0.793. The Kier molecular flexibility index (Phi) is 6.66. The van der Waals surface area contributed by atoms with Crippen LogP contribution in [0.5, 0.6) is 0 Å². The van der Waals surface area contributed by atoms with Crippen LogP contribution in [-0.4, -0.2) is 43.2 Å². The summed E-state index contributed by atoms with van der Waals surface area (Å²) >= 11 is 0. The average molecular weight is 265 g/mol. The van der Waals surface area contributed by atoms with Crippen molar-refractivity contribution in [1.82, 2.24) is 5.32 Å². The molecule has 3 unspecified atom stereocenters. The van der Waals surface area contributed by atoms with E-state index >= 15 is 0 Å². The highest BCUT2D eigenvalue weighted by atomic mass is 32.2. The Labute approximate surface area is 106 Å². The standard InChI is InChI=1S/C12H27NO3S/c1-6-10(3)12(5,14)9-13-11(4)8-17(15,16)7-2/h10-11,13-14H,6-9H2,1-5H3. The summed E-state index contributed by atoms with van der Waals surface area (Å²) in [6.07, 6.45) is 0.899. The number of sulfone groups is 1. The fourth-order valence-electron chi connectivity index (χ4n) is 1.55. The normalized spacial score (nSPS) is 19.6. The summed E-state index contributed by atoms with van der Waals surface area (Å²) in [5, 5.41) is 13.3. The van der Waals surface area contributed by atoms with Crippen molar-refractivity contribution < 1.29 is 13.5 Å². The van der Waals surface area contributed by atoms with Crippen molar-refractivity contribution in [3.05, 3.63) is 0 Å². The van der Waals surface area contributed by atoms with Gasteiger partial charge in [0, 0.05) is 18.3 Å². The lowest BCUT2D eigenvalue weighted by Crippen LogP contribution is -2.47. The zero-order valence-corrected chi connectivity index (χ0v) is 12.5. The molecule has 0 aromatic carbocycles. The first-order valence-corrected chi connectivity index (χ1v) is 8.13. The van der Waals surface area contributed by atoms with E-state index in [9.17, 15) is 13.5 Å². The van der Waals surface area contributed by atoms with Crippen LogP contribution in [-0.2, 0) is 9.84 Å². The van der Waals surface area contributed by atoms with Crippen molar-refractivity contribution in [3.8, 4) is 0 Å². The summed E-state index contributed by atoms with van der Waals surface area (Å²) in [6.45, 7) is 9.72. The van der Waals surface area contributed by atoms with Crippen LogP contribution in [0.25, 0.3) is 0 Å². The fourth-order valence-corrected chi connectivity index (χ4v) is 2.67. The minimum atomic E-state index is -2.96. The predicted molar refractivity (Wildman–Crippen MR) is 71.9 cm³/mol. The molecule has 0 saturated carbocycles. The Morgan fingerprint density at radius 3 is 2.24 bits per heavy atom. The van der Waals surface area contributed by atoms with Gasteiger partial charge in [-0.1, -0.05) is 27.2 Å². The van der Waals surface area contributed by atoms with E-state index in [1.165, 1.54) is 0 Å². The van der Waals surface area contributed by atoms with E-state index in [4.69, 9.17) is 0 Å². The summed E-state index contributed by atoms with van der Waals surface area (Å²) in [4.78, 5) is 0. The molecule has 0 bridgehead atoms. The lowest BCUT2D eigenvalue weighted by atomic mass is 9.88. The zero-order chi connectivity index (χ0) is 13.7. The van der Waals surface area contributed by atoms with Crippen LogP contribution in [0.4, 0.5) is 0 Å². The van der Waals surface area contributed by atoms with Crippen LogP contribution in [0.3, 0.4) is 0 Å². The number of nitrogens with one attached hydrogen (secondary N) is 1. The van der Waals surface area contributed by atoms with Gasteiger partial charge in [-0.25, -0.2) is 8.42 Å². The van der Waals surface area contributed by atoms with Crippen molar-refractivity contribution in [3.63, 3.8) is 0 Å². The van der Waals surface area contributed by atoms with Crippen LogP contribution in [0.2, 0.25) is 0 Å². The van der Waals surface area contributed by atoms with Gasteiger partial charge < -0.3 is 10.4 Å². The molecule has 2 N–H and O–H groups in total. The number of hydrogen-bond donors (Lipinski definition) is 2. The molecule has 0 aliphatic rings. The molecule has 0 aliphatic heterocycles. The minimum absolute atomic E-state index is 0.125. The molecule has 0 aromatic rings. The molecule has 0 saturated heterocycles. The molecular weight excluding hydrogens is 238 g/mol. The van der Waals surface area contributed by atoms with Gasteiger partial charge in [0.1, 0.15) is 0 Å². The third-order valence-corrected chi connectivity index (χ3v) is 5.31. The molecule has 0 aliphatic carbocycles. The van der Waals surface area contributed by atoms with E-state index in [0.717, 1.165) is 6.42 Å². The maximum absolute atomic E-state index is 11.4. The third kappa shape index (κ3) is 6.38. The molecule has 0 aromatic heterocycles. The predicted octanol–water partition coefficient (Wildman–Crippen LogP) is 1.20. The summed E-state index contributed by atoms with van der Waals surface area (Å²) in [5.74, 6) is 0.478. The maximum atomic E-state index is 11.4. The Morgan fingerprint density at radius 2 is 1.82 bits per heavy atom. The lowest BCUT2D eigenvalue weighted by molar-refractivity contribution is 0.00416. The summed E-state index contributed by atoms with van der Waals surface area (Å²) in [7, 11) is -2.96. The molecule has 0 rings (SSSR count). The molecule has 4 nitrogen and oxygen atoms in total. The molecule has 5 heteroatoms. The molecule has 104 valence electrons. The molecular formula is C12H27NO3S. The van der Waals surface area contributed by atoms with Gasteiger partial charge in [0.2, 0.25) is 0 Å². The lowest BCUT2D eigenvalue weighted by Gasteiger charge is -2.31. The first-order valence-electron chi connectivity index (χ1n) is 6.30. The summed E-state index contributed by atoms with van der Waals surface area (Å²) in [6, 6.07) is -0.129. The molecule has 0 amide bonds. The zero-order valence-electron chi connectivity index (χ0n) is 11.7. The minimum Gasteiger partial charge on any atom is -0.389 e. The van der Waals surface area contributed by atoms with Crippen LogP contribution in [0.15, 0.2) is 0 Å². The number of aliphatic hydroxyl groups is 1. The quantitative estimate of drug-likeness (QED) is 0.692. The largest absolute Gasteiger partial charge is 0.389 e. The summed E-state index contributed by atoms with van der Waals surface area (Å²) < 4.78 is 22.8. The SMILES string of the molecule is CCC(C)C(C)(O)CNC(C)CS(=O)(=O)CC. The molecule has 0 heterocycles. The molecule has 3 atom stereocenters. The Balaban J connectivity index is 4.21. The van der Waals surface area contributed by atoms with Crippen molar-refractivity contribution in [2.75, 3.05) is 18.1 Å². The van der Waals surface area contributed by atoms with Gasteiger partial charge in [-0.15, -0.1) is 0 Å². The van der Waals surface area contributed by atoms with E-state index in [-0.39, 0.29) is 23.5 Å². The van der Waals surface area contributed by atoms with Crippen molar-refractivity contribution >= 4 is 9.84 Å². The monoisotopic (exact) mass is 265 g/mol. The van der Waals surface area contributed by atoms with E-state index in [0.29, 0.717) is 6.54 Å². The van der Waals surface area contributed by atoms with Crippen LogP contribution in [0, 0.1) is 5.92 Å². The molecule has 0 radical (unpaired) electrons. The molecule has 17 heavy (non-hydrogen) atoms. The first kappa shape index (κ1) is 16.9. The second-order valence-electron chi connectivity index (χ2n) is 5.15. The van der Waals surface area contributed by atoms with Gasteiger partial charge >= 0.3 is 0 Å². The fraction of sp³-hybridized carbons (Fsp3) is 1.00. The van der Waals surface area contributed by atoms with Crippen molar-refractivity contribution in [2.24, 2.45) is 5.92 Å². The Morgan fingerprint density at radius 1 is 1.29 bits per heavy atom. The highest BCUT2D eigenvalue weighted by molar-refractivity contribution is 7.91. The van der Waals surface area contributed by atoms with Gasteiger partial charge in [-0.05, 0) is 19.8 Å². The van der Waals surface area contributed by atoms with E-state index in [1.807, 2.05) is 20.8 Å². The van der Waals surface area contributed by atoms with E-state index in [2.05, 4.69) is 5.32 Å². The van der Waals surface area contributed by atoms with Gasteiger partial charge in [0.25, 0.3) is 0 Å². The molecule has 0 fully saturated rings. The maximum Gasteiger partial charge on any atom is 0.151 e. The highest BCUT2D eigenvalue weighted by Gasteiger charge is 2.27. The smallest absolute Gasteiger partial charge is 0.151 e. The van der Waals surface area contributed by atoms with Gasteiger partial charge in [-0.3, -0.25) is 0 Å². The van der Waals surface area contributed by atoms with Gasteiger partial charge in [0.15, 0.2) is 9.84 Å². The highest BCUT2D eigenvalue weighted by Crippen LogP contribution is 2.19. The van der Waals surface area contributed by atoms with Gasteiger partial charge in [-0.2, -0.15) is 0 Å². The van der Waals surface area contributed by atoms with Crippen molar-refractivity contribution in [2.45, 2.75) is 52.7 Å². The van der Waals surface area contributed by atoms with Gasteiger partial charge in [0.05, 0.1) is 11.4 Å². The first-order chi connectivity index (χ1) is 7.64. The van der Waals surface area contributed by atoms with Crippen molar-refractivity contribution in [1.29, 1.82) is 0 Å². The number of hydrogen-bond acceptors (Lipinski definition) is 4. The Bertz CT molecular complexity index is 312. The molecule has 0 spiro atoms. The van der Waals surface area contributed by atoms with E-state index < -0.39 is 15.4 Å². The average Bonchev–Trinajstić information content (AvgIpc) is 2.25. The van der Waals surface area contributed by atoms with E-state index in [1.54, 1.807) is 13.8 Å². The van der Waals surface area contributed by atoms with Crippen LogP contribution >= 0.6 is 0 Å². The number of rotatable bonds is 8.